The molecular formula is C10H16N4O5S. The molecule has 1 aromatic heterocycles. The number of rotatable bonds is 6. The molecule has 20 heavy (non-hydrogen) atoms. The highest BCUT2D eigenvalue weighted by molar-refractivity contribution is 7.89. The van der Waals surface area contributed by atoms with Crippen molar-refractivity contribution in [3.05, 3.63) is 12.5 Å². The number of imidazole rings is 1. The Bertz CT molecular complexity index is 609. The SMILES string of the molecule is CC(C(=O)O)N(C)C(=O)CNS(=O)(=O)c1cn(C)cn1. The van der Waals surface area contributed by atoms with E-state index in [0.717, 1.165) is 4.90 Å². The normalized spacial score (nSPS) is 12.9. The number of aryl methyl sites for hydroxylation is 1. The lowest BCUT2D eigenvalue weighted by molar-refractivity contribution is -0.147. The van der Waals surface area contributed by atoms with Gasteiger partial charge in [0.2, 0.25) is 5.91 Å². The predicted molar refractivity (Wildman–Crippen MR) is 68.3 cm³/mol. The van der Waals surface area contributed by atoms with Crippen molar-refractivity contribution in [3.63, 3.8) is 0 Å². The molecule has 1 aromatic rings. The minimum absolute atomic E-state index is 0.207. The minimum Gasteiger partial charge on any atom is -0.480 e. The van der Waals surface area contributed by atoms with Gasteiger partial charge in [-0.15, -0.1) is 0 Å². The summed E-state index contributed by atoms with van der Waals surface area (Å²) in [4.78, 5) is 27.0. The van der Waals surface area contributed by atoms with Crippen LogP contribution in [0.1, 0.15) is 6.92 Å². The molecule has 0 aromatic carbocycles. The summed E-state index contributed by atoms with van der Waals surface area (Å²) >= 11 is 0. The second-order valence-corrected chi connectivity index (χ2v) is 5.93. The van der Waals surface area contributed by atoms with Crippen molar-refractivity contribution in [3.8, 4) is 0 Å². The smallest absolute Gasteiger partial charge is 0.326 e. The van der Waals surface area contributed by atoms with Crippen molar-refractivity contribution in [2.75, 3.05) is 13.6 Å². The summed E-state index contributed by atoms with van der Waals surface area (Å²) in [5.74, 6) is -1.83. The van der Waals surface area contributed by atoms with Crippen LogP contribution in [0.5, 0.6) is 0 Å². The van der Waals surface area contributed by atoms with E-state index in [-0.39, 0.29) is 5.03 Å². The summed E-state index contributed by atoms with van der Waals surface area (Å²) in [6.45, 7) is 0.792. The standard InChI is InChI=1S/C10H16N4O5S/c1-7(10(16)17)14(3)9(15)4-12-20(18,19)8-5-13(2)6-11-8/h5-7,12H,4H2,1-3H3,(H,16,17). The zero-order valence-corrected chi connectivity index (χ0v) is 12.1. The first-order valence-corrected chi connectivity index (χ1v) is 7.09. The molecule has 1 atom stereocenters. The van der Waals surface area contributed by atoms with Crippen molar-refractivity contribution < 1.29 is 23.1 Å². The van der Waals surface area contributed by atoms with Gasteiger partial charge in [-0.2, -0.15) is 0 Å². The Morgan fingerprint density at radius 1 is 1.55 bits per heavy atom. The number of nitrogens with zero attached hydrogens (tertiary/aromatic N) is 3. The number of carboxylic acids is 1. The molecule has 0 aliphatic rings. The molecule has 0 saturated heterocycles. The number of hydrogen-bond acceptors (Lipinski definition) is 5. The highest BCUT2D eigenvalue weighted by Crippen LogP contribution is 2.04. The molecule has 0 fully saturated rings. The average Bonchev–Trinajstić information content (AvgIpc) is 2.81. The number of carbonyl (C=O) groups is 2. The summed E-state index contributed by atoms with van der Waals surface area (Å²) in [5, 5.41) is 8.56. The van der Waals surface area contributed by atoms with Gasteiger partial charge in [-0.3, -0.25) is 4.79 Å². The summed E-state index contributed by atoms with van der Waals surface area (Å²) in [6, 6.07) is -1.04. The number of carbonyl (C=O) groups excluding carboxylic acids is 1. The van der Waals surface area contributed by atoms with Crippen molar-refractivity contribution in [2.24, 2.45) is 7.05 Å². The van der Waals surface area contributed by atoms with E-state index < -0.39 is 34.5 Å². The molecular weight excluding hydrogens is 288 g/mol. The Morgan fingerprint density at radius 2 is 2.15 bits per heavy atom. The largest absolute Gasteiger partial charge is 0.480 e. The van der Waals surface area contributed by atoms with Gasteiger partial charge < -0.3 is 14.6 Å². The van der Waals surface area contributed by atoms with E-state index in [4.69, 9.17) is 5.11 Å². The van der Waals surface area contributed by atoms with Crippen LogP contribution in [0.15, 0.2) is 17.6 Å². The van der Waals surface area contributed by atoms with Crippen LogP contribution in [0.4, 0.5) is 0 Å². The van der Waals surface area contributed by atoms with E-state index >= 15 is 0 Å². The number of aromatic nitrogens is 2. The fourth-order valence-corrected chi connectivity index (χ4v) is 2.22. The Kier molecular flexibility index (Phi) is 4.84. The van der Waals surface area contributed by atoms with Crippen LogP contribution >= 0.6 is 0 Å². The van der Waals surface area contributed by atoms with Gasteiger partial charge in [-0.05, 0) is 6.92 Å². The third-order valence-electron chi connectivity index (χ3n) is 2.70. The van der Waals surface area contributed by atoms with Gasteiger partial charge in [0.1, 0.15) is 6.04 Å². The molecule has 9 nitrogen and oxygen atoms in total. The lowest BCUT2D eigenvalue weighted by Gasteiger charge is -2.21. The van der Waals surface area contributed by atoms with Crippen LogP contribution < -0.4 is 4.72 Å². The van der Waals surface area contributed by atoms with Crippen LogP contribution in [0.25, 0.3) is 0 Å². The topological polar surface area (TPSA) is 122 Å². The zero-order chi connectivity index (χ0) is 15.5. The number of carboxylic acid groups (broad SMARTS) is 1. The third-order valence-corrected chi connectivity index (χ3v) is 3.99. The molecule has 112 valence electrons. The number of likely N-dealkylation sites (N-methyl/N-ethyl adjacent to an activating group) is 1. The number of sulfonamides is 1. The van der Waals surface area contributed by atoms with E-state index in [1.54, 1.807) is 7.05 Å². The summed E-state index contributed by atoms with van der Waals surface area (Å²) in [6.07, 6.45) is 2.60. The van der Waals surface area contributed by atoms with Crippen molar-refractivity contribution in [2.45, 2.75) is 18.0 Å². The van der Waals surface area contributed by atoms with Crippen LogP contribution in [0, 0.1) is 0 Å². The second-order valence-electron chi connectivity index (χ2n) is 4.22. The maximum Gasteiger partial charge on any atom is 0.326 e. The van der Waals surface area contributed by atoms with Crippen molar-refractivity contribution >= 4 is 21.9 Å². The zero-order valence-electron chi connectivity index (χ0n) is 11.3. The number of hydrogen-bond donors (Lipinski definition) is 2. The van der Waals surface area contributed by atoms with Gasteiger partial charge >= 0.3 is 5.97 Å². The van der Waals surface area contributed by atoms with E-state index in [9.17, 15) is 18.0 Å². The van der Waals surface area contributed by atoms with E-state index in [0.29, 0.717) is 0 Å². The average molecular weight is 304 g/mol. The van der Waals surface area contributed by atoms with Crippen LogP contribution in [-0.2, 0) is 26.7 Å². The van der Waals surface area contributed by atoms with Crippen LogP contribution in [0.2, 0.25) is 0 Å². The second kappa shape index (κ2) is 6.01. The van der Waals surface area contributed by atoms with Gasteiger partial charge in [0.05, 0.1) is 12.9 Å². The maximum absolute atomic E-state index is 11.8. The first-order valence-electron chi connectivity index (χ1n) is 5.61. The lowest BCUT2D eigenvalue weighted by atomic mass is 10.3. The number of nitrogens with one attached hydrogen (secondary N) is 1. The fraction of sp³-hybridized carbons (Fsp3) is 0.500. The van der Waals surface area contributed by atoms with Crippen LogP contribution in [0.3, 0.4) is 0 Å². The Hall–Kier alpha value is -1.94. The molecule has 2 N–H and O–H groups in total. The molecule has 0 bridgehead atoms. The molecule has 0 radical (unpaired) electrons. The van der Waals surface area contributed by atoms with Crippen molar-refractivity contribution in [1.82, 2.24) is 19.2 Å². The van der Waals surface area contributed by atoms with Gasteiger partial charge in [0.15, 0.2) is 5.03 Å². The van der Waals surface area contributed by atoms with Gasteiger partial charge in [0.25, 0.3) is 10.0 Å². The molecule has 0 aliphatic carbocycles. The van der Waals surface area contributed by atoms with E-state index in [1.807, 2.05) is 0 Å². The molecule has 1 unspecified atom stereocenters. The first kappa shape index (κ1) is 16.1. The van der Waals surface area contributed by atoms with Crippen LogP contribution in [-0.4, -0.2) is 59.5 Å². The molecule has 0 aliphatic heterocycles. The summed E-state index contributed by atoms with van der Waals surface area (Å²) < 4.78 is 27.1. The first-order chi connectivity index (χ1) is 9.15. The quantitative estimate of drug-likeness (QED) is 0.668. The lowest BCUT2D eigenvalue weighted by Crippen LogP contribution is -2.45. The predicted octanol–water partition coefficient (Wildman–Crippen LogP) is -1.37. The highest BCUT2D eigenvalue weighted by atomic mass is 32.2. The molecule has 10 heteroatoms. The number of amides is 1. The molecule has 1 amide bonds. The molecule has 0 spiro atoms. The third kappa shape index (κ3) is 3.78. The highest BCUT2D eigenvalue weighted by Gasteiger charge is 2.24. The summed E-state index contributed by atoms with van der Waals surface area (Å²) in [5.41, 5.74) is 0. The molecule has 1 heterocycles. The van der Waals surface area contributed by atoms with E-state index in [2.05, 4.69) is 9.71 Å². The van der Waals surface area contributed by atoms with E-state index in [1.165, 1.54) is 31.1 Å². The monoisotopic (exact) mass is 304 g/mol. The number of aliphatic carboxylic acids is 1. The Labute approximate surface area is 116 Å². The molecule has 1 rings (SSSR count). The van der Waals surface area contributed by atoms with Gasteiger partial charge in [0, 0.05) is 20.3 Å². The van der Waals surface area contributed by atoms with Crippen molar-refractivity contribution in [1.29, 1.82) is 0 Å². The minimum atomic E-state index is -3.89. The maximum atomic E-state index is 11.8. The van der Waals surface area contributed by atoms with Gasteiger partial charge in [-0.25, -0.2) is 22.9 Å². The Morgan fingerprint density at radius 3 is 2.60 bits per heavy atom. The van der Waals surface area contributed by atoms with Gasteiger partial charge in [-0.1, -0.05) is 0 Å². The summed E-state index contributed by atoms with van der Waals surface area (Å²) in [7, 11) is -0.992. The fourth-order valence-electron chi connectivity index (χ4n) is 1.26. The molecule has 0 saturated carbocycles. The Balaban J connectivity index is 2.67.